The molecule has 120 valence electrons. The number of carbonyl (C=O) groups is 1. The number of nitrogens with one attached hydrogen (secondary N) is 1. The number of hydrogen-bond acceptors (Lipinski definition) is 3. The molecule has 0 aromatic heterocycles. The molecule has 1 heterocycles. The molecule has 0 bridgehead atoms. The Kier molecular flexibility index (Phi) is 4.57. The largest absolute Gasteiger partial charge is 0.496 e. The molecule has 1 fully saturated rings. The van der Waals surface area contributed by atoms with Crippen molar-refractivity contribution in [1.82, 2.24) is 10.2 Å². The van der Waals surface area contributed by atoms with Crippen molar-refractivity contribution in [2.24, 2.45) is 0 Å². The molecule has 0 aliphatic carbocycles. The van der Waals surface area contributed by atoms with E-state index in [9.17, 15) is 9.18 Å². The highest BCUT2D eigenvalue weighted by atomic mass is 19.1. The van der Waals surface area contributed by atoms with Gasteiger partial charge in [-0.3, -0.25) is 4.79 Å². The van der Waals surface area contributed by atoms with E-state index < -0.39 is 5.82 Å². The Hall–Kier alpha value is -2.40. The molecule has 2 aromatic rings. The summed E-state index contributed by atoms with van der Waals surface area (Å²) in [6, 6.07) is 13.5. The van der Waals surface area contributed by atoms with Gasteiger partial charge >= 0.3 is 0 Å². The van der Waals surface area contributed by atoms with E-state index in [4.69, 9.17) is 4.74 Å². The van der Waals surface area contributed by atoms with Gasteiger partial charge < -0.3 is 15.0 Å². The van der Waals surface area contributed by atoms with Gasteiger partial charge in [-0.15, -0.1) is 0 Å². The van der Waals surface area contributed by atoms with Crippen LogP contribution in [0.25, 0.3) is 0 Å². The summed E-state index contributed by atoms with van der Waals surface area (Å²) in [5.74, 6) is -0.0529. The first kappa shape index (κ1) is 15.5. The van der Waals surface area contributed by atoms with Gasteiger partial charge in [0.2, 0.25) is 0 Å². The number of halogens is 1. The van der Waals surface area contributed by atoms with Gasteiger partial charge in [-0.1, -0.05) is 30.3 Å². The first-order valence-electron chi connectivity index (χ1n) is 7.61. The van der Waals surface area contributed by atoms with Crippen LogP contribution in [0.3, 0.4) is 0 Å². The zero-order valence-corrected chi connectivity index (χ0v) is 13.0. The van der Waals surface area contributed by atoms with E-state index in [0.717, 1.165) is 11.3 Å². The van der Waals surface area contributed by atoms with Crippen LogP contribution in [0.4, 0.5) is 4.39 Å². The highest BCUT2D eigenvalue weighted by Gasteiger charge is 2.31. The van der Waals surface area contributed by atoms with Crippen molar-refractivity contribution >= 4 is 5.91 Å². The van der Waals surface area contributed by atoms with Crippen LogP contribution in [-0.2, 0) is 0 Å². The van der Waals surface area contributed by atoms with Crippen LogP contribution in [0.1, 0.15) is 22.0 Å². The summed E-state index contributed by atoms with van der Waals surface area (Å²) in [7, 11) is 1.61. The molecular formula is C18H19FN2O2. The predicted octanol–water partition coefficient (Wildman–Crippen LogP) is 2.62. The number of ether oxygens (including phenoxy) is 1. The van der Waals surface area contributed by atoms with Crippen LogP contribution in [0.5, 0.6) is 5.75 Å². The minimum Gasteiger partial charge on any atom is -0.496 e. The Labute approximate surface area is 134 Å². The van der Waals surface area contributed by atoms with Crippen molar-refractivity contribution in [3.05, 3.63) is 65.5 Å². The molecule has 3 rings (SSSR count). The average Bonchev–Trinajstić information content (AvgIpc) is 2.61. The fraction of sp³-hybridized carbons (Fsp3) is 0.278. The second kappa shape index (κ2) is 6.79. The summed E-state index contributed by atoms with van der Waals surface area (Å²) in [5, 5.41) is 3.29. The predicted molar refractivity (Wildman–Crippen MR) is 86.0 cm³/mol. The lowest BCUT2D eigenvalue weighted by molar-refractivity contribution is 0.0627. The van der Waals surface area contributed by atoms with Crippen molar-refractivity contribution in [2.45, 2.75) is 6.04 Å². The summed E-state index contributed by atoms with van der Waals surface area (Å²) >= 11 is 0. The van der Waals surface area contributed by atoms with Gasteiger partial charge in [-0.2, -0.15) is 0 Å². The highest BCUT2D eigenvalue weighted by molar-refractivity contribution is 5.95. The number of benzene rings is 2. The van der Waals surface area contributed by atoms with Gasteiger partial charge in [-0.25, -0.2) is 4.39 Å². The molecular weight excluding hydrogens is 295 g/mol. The molecule has 0 radical (unpaired) electrons. The molecule has 1 N–H and O–H groups in total. The molecule has 1 unspecified atom stereocenters. The number of nitrogens with zero attached hydrogens (tertiary/aromatic N) is 1. The number of para-hydroxylation sites is 1. The topological polar surface area (TPSA) is 41.6 Å². The number of amides is 1. The second-order valence-corrected chi connectivity index (χ2v) is 5.44. The number of rotatable bonds is 3. The third kappa shape index (κ3) is 3.05. The monoisotopic (exact) mass is 314 g/mol. The van der Waals surface area contributed by atoms with Crippen molar-refractivity contribution in [2.75, 3.05) is 26.7 Å². The Morgan fingerprint density at radius 2 is 1.96 bits per heavy atom. The standard InChI is InChI=1S/C18H19FN2O2/c1-23-17-9-5-3-7-14(17)16-12-20-10-11-21(16)18(22)13-6-2-4-8-15(13)19/h2-9,16,20H,10-12H2,1H3. The van der Waals surface area contributed by atoms with Crippen LogP contribution < -0.4 is 10.1 Å². The SMILES string of the molecule is COc1ccccc1C1CNCCN1C(=O)c1ccccc1F. The average molecular weight is 314 g/mol. The lowest BCUT2D eigenvalue weighted by atomic mass is 10.0. The van der Waals surface area contributed by atoms with E-state index >= 15 is 0 Å². The summed E-state index contributed by atoms with van der Waals surface area (Å²) < 4.78 is 19.4. The van der Waals surface area contributed by atoms with Crippen molar-refractivity contribution in [3.63, 3.8) is 0 Å². The molecule has 1 amide bonds. The lowest BCUT2D eigenvalue weighted by Gasteiger charge is -2.37. The third-order valence-electron chi connectivity index (χ3n) is 4.11. The number of hydrogen-bond donors (Lipinski definition) is 1. The Morgan fingerprint density at radius 1 is 1.22 bits per heavy atom. The Morgan fingerprint density at radius 3 is 2.74 bits per heavy atom. The van der Waals surface area contributed by atoms with Crippen LogP contribution in [0.15, 0.2) is 48.5 Å². The van der Waals surface area contributed by atoms with E-state index in [1.54, 1.807) is 24.1 Å². The molecule has 1 aliphatic rings. The van der Waals surface area contributed by atoms with E-state index in [1.165, 1.54) is 12.1 Å². The molecule has 1 saturated heterocycles. The zero-order chi connectivity index (χ0) is 16.2. The molecule has 2 aromatic carbocycles. The molecule has 0 saturated carbocycles. The maximum Gasteiger partial charge on any atom is 0.257 e. The molecule has 23 heavy (non-hydrogen) atoms. The summed E-state index contributed by atoms with van der Waals surface area (Å²) in [5.41, 5.74) is 1.03. The summed E-state index contributed by atoms with van der Waals surface area (Å²) in [6.45, 7) is 1.82. The minimum atomic E-state index is -0.491. The fourth-order valence-electron chi connectivity index (χ4n) is 2.96. The molecule has 5 heteroatoms. The van der Waals surface area contributed by atoms with Crippen LogP contribution in [0, 0.1) is 5.82 Å². The van der Waals surface area contributed by atoms with Gasteiger partial charge in [0.1, 0.15) is 11.6 Å². The summed E-state index contributed by atoms with van der Waals surface area (Å²) in [6.07, 6.45) is 0. The lowest BCUT2D eigenvalue weighted by Crippen LogP contribution is -2.49. The number of methoxy groups -OCH3 is 1. The quantitative estimate of drug-likeness (QED) is 0.947. The fourth-order valence-corrected chi connectivity index (χ4v) is 2.96. The molecule has 1 aliphatic heterocycles. The van der Waals surface area contributed by atoms with Gasteiger partial charge in [0, 0.05) is 25.2 Å². The first-order valence-corrected chi connectivity index (χ1v) is 7.61. The highest BCUT2D eigenvalue weighted by Crippen LogP contribution is 2.31. The molecule has 0 spiro atoms. The minimum absolute atomic E-state index is 0.106. The zero-order valence-electron chi connectivity index (χ0n) is 13.0. The van der Waals surface area contributed by atoms with Crippen molar-refractivity contribution < 1.29 is 13.9 Å². The van der Waals surface area contributed by atoms with Gasteiger partial charge in [0.25, 0.3) is 5.91 Å². The van der Waals surface area contributed by atoms with E-state index in [-0.39, 0.29) is 17.5 Å². The van der Waals surface area contributed by atoms with Crippen LogP contribution in [-0.4, -0.2) is 37.6 Å². The van der Waals surface area contributed by atoms with Crippen molar-refractivity contribution in [3.8, 4) is 5.75 Å². The van der Waals surface area contributed by atoms with Crippen LogP contribution >= 0.6 is 0 Å². The second-order valence-electron chi connectivity index (χ2n) is 5.44. The number of piperazine rings is 1. The van der Waals surface area contributed by atoms with Gasteiger partial charge in [-0.05, 0) is 18.2 Å². The Bertz CT molecular complexity index is 705. The van der Waals surface area contributed by atoms with E-state index in [1.807, 2.05) is 24.3 Å². The maximum atomic E-state index is 14.0. The maximum absolute atomic E-state index is 14.0. The molecule has 4 nitrogen and oxygen atoms in total. The van der Waals surface area contributed by atoms with E-state index in [0.29, 0.717) is 19.6 Å². The first-order chi connectivity index (χ1) is 11.2. The van der Waals surface area contributed by atoms with Gasteiger partial charge in [0.15, 0.2) is 0 Å². The Balaban J connectivity index is 1.96. The molecule has 1 atom stereocenters. The van der Waals surface area contributed by atoms with Crippen molar-refractivity contribution in [1.29, 1.82) is 0 Å². The van der Waals surface area contributed by atoms with E-state index in [2.05, 4.69) is 5.32 Å². The summed E-state index contributed by atoms with van der Waals surface area (Å²) in [4.78, 5) is 14.5. The smallest absolute Gasteiger partial charge is 0.257 e. The third-order valence-corrected chi connectivity index (χ3v) is 4.11. The van der Waals surface area contributed by atoms with Gasteiger partial charge in [0.05, 0.1) is 18.7 Å². The normalized spacial score (nSPS) is 17.8. The number of carbonyl (C=O) groups excluding carboxylic acids is 1. The van der Waals surface area contributed by atoms with Crippen LogP contribution in [0.2, 0.25) is 0 Å².